The highest BCUT2D eigenvalue weighted by atomic mass is 32.2. The van der Waals surface area contributed by atoms with Crippen LogP contribution in [0.3, 0.4) is 0 Å². The Kier molecular flexibility index (Phi) is 5.97. The zero-order valence-corrected chi connectivity index (χ0v) is 14.1. The van der Waals surface area contributed by atoms with E-state index in [1.807, 2.05) is 23.9 Å². The van der Waals surface area contributed by atoms with E-state index in [1.54, 1.807) is 7.11 Å². The minimum atomic E-state index is 0.419. The molecule has 0 aliphatic carbocycles. The lowest BCUT2D eigenvalue weighted by atomic mass is 9.84. The highest BCUT2D eigenvalue weighted by Crippen LogP contribution is 2.34. The number of benzene rings is 1. The summed E-state index contributed by atoms with van der Waals surface area (Å²) in [6.45, 7) is 6.44. The van der Waals surface area contributed by atoms with Crippen LogP contribution in [0.2, 0.25) is 0 Å². The maximum Gasteiger partial charge on any atom is 0.156 e. The van der Waals surface area contributed by atoms with E-state index >= 15 is 0 Å². The largest absolute Gasteiger partial charge is 0.497 e. The van der Waals surface area contributed by atoms with Crippen molar-refractivity contribution in [2.75, 3.05) is 26.0 Å². The second kappa shape index (κ2) is 7.74. The number of amidine groups is 1. The van der Waals surface area contributed by atoms with Gasteiger partial charge in [-0.25, -0.2) is 0 Å². The first-order valence-electron chi connectivity index (χ1n) is 7.75. The van der Waals surface area contributed by atoms with E-state index in [9.17, 15) is 0 Å². The van der Waals surface area contributed by atoms with Crippen LogP contribution in [-0.2, 0) is 6.42 Å². The molecule has 0 saturated carbocycles. The van der Waals surface area contributed by atoms with Gasteiger partial charge in [0.25, 0.3) is 0 Å². The molecule has 1 aliphatic rings. The van der Waals surface area contributed by atoms with Gasteiger partial charge in [0.15, 0.2) is 5.17 Å². The van der Waals surface area contributed by atoms with Gasteiger partial charge >= 0.3 is 0 Å². The normalized spacial score (nSPS) is 17.2. The highest BCUT2D eigenvalue weighted by Gasteiger charge is 2.29. The number of ether oxygens (including phenoxy) is 1. The van der Waals surface area contributed by atoms with Crippen LogP contribution < -0.4 is 10.1 Å². The molecule has 0 unspecified atom stereocenters. The van der Waals surface area contributed by atoms with Gasteiger partial charge in [-0.1, -0.05) is 37.7 Å². The minimum Gasteiger partial charge on any atom is -0.497 e. The Balaban J connectivity index is 1.80. The van der Waals surface area contributed by atoms with E-state index in [0.29, 0.717) is 5.41 Å². The molecule has 0 atom stereocenters. The van der Waals surface area contributed by atoms with Crippen molar-refractivity contribution in [3.8, 4) is 5.75 Å². The summed E-state index contributed by atoms with van der Waals surface area (Å²) in [5.41, 5.74) is 1.71. The van der Waals surface area contributed by atoms with Gasteiger partial charge in [0, 0.05) is 18.8 Å². The quantitative estimate of drug-likeness (QED) is 0.869. The molecule has 1 aromatic rings. The summed E-state index contributed by atoms with van der Waals surface area (Å²) in [7, 11) is 1.71. The summed E-state index contributed by atoms with van der Waals surface area (Å²) in [6.07, 6.45) is 3.43. The molecule has 1 aliphatic heterocycles. The molecular formula is C17H26N2OS. The topological polar surface area (TPSA) is 33.6 Å². The van der Waals surface area contributed by atoms with Gasteiger partial charge in [0.1, 0.15) is 5.75 Å². The number of aliphatic imine (C=N–C) groups is 1. The Hall–Kier alpha value is -1.16. The molecule has 2 rings (SSSR count). The van der Waals surface area contributed by atoms with Crippen molar-refractivity contribution in [2.45, 2.75) is 33.1 Å². The van der Waals surface area contributed by atoms with Crippen molar-refractivity contribution in [3.63, 3.8) is 0 Å². The Morgan fingerprint density at radius 2 is 2.14 bits per heavy atom. The van der Waals surface area contributed by atoms with Gasteiger partial charge in [0.05, 0.1) is 7.11 Å². The standard InChI is InChI=1S/C17H26N2OS/c1-4-17(5-2)12-19-16(21-13-17)18-10-9-14-7-6-8-15(11-14)20-3/h6-8,11H,4-5,9-10,12-13H2,1-3H3,(H,18,19). The lowest BCUT2D eigenvalue weighted by Gasteiger charge is -2.33. The van der Waals surface area contributed by atoms with Crippen LogP contribution >= 0.6 is 11.8 Å². The summed E-state index contributed by atoms with van der Waals surface area (Å²) < 4.78 is 5.25. The minimum absolute atomic E-state index is 0.419. The molecule has 0 amide bonds. The molecule has 0 fully saturated rings. The molecule has 1 heterocycles. The van der Waals surface area contributed by atoms with Gasteiger partial charge in [0.2, 0.25) is 0 Å². The first-order valence-corrected chi connectivity index (χ1v) is 8.74. The van der Waals surface area contributed by atoms with Crippen LogP contribution in [0.1, 0.15) is 32.3 Å². The predicted molar refractivity (Wildman–Crippen MR) is 92.5 cm³/mol. The summed E-state index contributed by atoms with van der Waals surface area (Å²) in [6, 6.07) is 8.25. The molecule has 4 heteroatoms. The number of nitrogens with zero attached hydrogens (tertiary/aromatic N) is 1. The Labute approximate surface area is 132 Å². The van der Waals surface area contributed by atoms with Crippen LogP contribution in [0, 0.1) is 5.41 Å². The number of hydrogen-bond donors (Lipinski definition) is 1. The zero-order valence-electron chi connectivity index (χ0n) is 13.3. The van der Waals surface area contributed by atoms with Crippen molar-refractivity contribution in [2.24, 2.45) is 10.4 Å². The van der Waals surface area contributed by atoms with Gasteiger partial charge in [-0.2, -0.15) is 0 Å². The van der Waals surface area contributed by atoms with E-state index in [-0.39, 0.29) is 0 Å². The number of thioether (sulfide) groups is 1. The second-order valence-corrected chi connectivity index (χ2v) is 6.61. The van der Waals surface area contributed by atoms with Crippen molar-refractivity contribution in [1.82, 2.24) is 5.32 Å². The zero-order chi connectivity index (χ0) is 15.1. The van der Waals surface area contributed by atoms with E-state index in [2.05, 4.69) is 31.3 Å². The van der Waals surface area contributed by atoms with Crippen LogP contribution in [0.25, 0.3) is 0 Å². The number of hydrogen-bond acceptors (Lipinski definition) is 4. The first-order chi connectivity index (χ1) is 10.2. The van der Waals surface area contributed by atoms with Crippen molar-refractivity contribution >= 4 is 16.9 Å². The molecule has 116 valence electrons. The van der Waals surface area contributed by atoms with Gasteiger partial charge < -0.3 is 10.1 Å². The third kappa shape index (κ3) is 4.40. The van der Waals surface area contributed by atoms with Crippen LogP contribution in [0.4, 0.5) is 0 Å². The smallest absolute Gasteiger partial charge is 0.156 e. The molecule has 0 bridgehead atoms. The van der Waals surface area contributed by atoms with Gasteiger partial charge in [-0.05, 0) is 42.4 Å². The molecule has 1 N–H and O–H groups in total. The Morgan fingerprint density at radius 1 is 1.33 bits per heavy atom. The number of rotatable bonds is 6. The van der Waals surface area contributed by atoms with E-state index < -0.39 is 0 Å². The molecule has 0 saturated heterocycles. The third-order valence-corrected chi connectivity index (χ3v) is 5.70. The molecule has 3 nitrogen and oxygen atoms in total. The Bertz CT molecular complexity index is 483. The van der Waals surface area contributed by atoms with Crippen molar-refractivity contribution < 1.29 is 4.74 Å². The molecule has 0 aromatic heterocycles. The van der Waals surface area contributed by atoms with Gasteiger partial charge in [-0.3, -0.25) is 4.99 Å². The monoisotopic (exact) mass is 306 g/mol. The molecule has 0 spiro atoms. The maximum atomic E-state index is 5.25. The van der Waals surface area contributed by atoms with Crippen LogP contribution in [0.15, 0.2) is 29.3 Å². The molecular weight excluding hydrogens is 280 g/mol. The lowest BCUT2D eigenvalue weighted by molar-refractivity contribution is 0.318. The fourth-order valence-electron chi connectivity index (χ4n) is 2.48. The summed E-state index contributed by atoms with van der Waals surface area (Å²) in [5.74, 6) is 2.11. The fraction of sp³-hybridized carbons (Fsp3) is 0.588. The van der Waals surface area contributed by atoms with E-state index in [4.69, 9.17) is 9.73 Å². The Morgan fingerprint density at radius 3 is 2.76 bits per heavy atom. The number of methoxy groups -OCH3 is 1. The first kappa shape index (κ1) is 16.2. The fourth-order valence-corrected chi connectivity index (χ4v) is 3.78. The lowest BCUT2D eigenvalue weighted by Crippen LogP contribution is -2.35. The van der Waals surface area contributed by atoms with Crippen molar-refractivity contribution in [3.05, 3.63) is 29.8 Å². The van der Waals surface area contributed by atoms with Crippen LogP contribution in [-0.4, -0.2) is 31.1 Å². The average molecular weight is 306 g/mol. The van der Waals surface area contributed by atoms with E-state index in [0.717, 1.165) is 30.4 Å². The second-order valence-electron chi connectivity index (χ2n) is 5.65. The van der Waals surface area contributed by atoms with Gasteiger partial charge in [-0.15, -0.1) is 0 Å². The molecule has 21 heavy (non-hydrogen) atoms. The highest BCUT2D eigenvalue weighted by molar-refractivity contribution is 8.13. The number of nitrogens with one attached hydrogen (secondary N) is 1. The van der Waals surface area contributed by atoms with Crippen molar-refractivity contribution in [1.29, 1.82) is 0 Å². The predicted octanol–water partition coefficient (Wildman–Crippen LogP) is 3.74. The summed E-state index contributed by atoms with van der Waals surface area (Å²) in [4.78, 5) is 4.73. The average Bonchev–Trinajstić information content (AvgIpc) is 2.56. The van der Waals surface area contributed by atoms with E-state index in [1.165, 1.54) is 24.2 Å². The third-order valence-electron chi connectivity index (χ3n) is 4.40. The molecule has 0 radical (unpaired) electrons. The summed E-state index contributed by atoms with van der Waals surface area (Å²) in [5, 5.41) is 4.57. The van der Waals surface area contributed by atoms with Crippen LogP contribution in [0.5, 0.6) is 5.75 Å². The molecule has 1 aromatic carbocycles. The SMILES string of the molecule is CCC1(CC)CN=C(NCCc2cccc(OC)c2)SC1. The maximum absolute atomic E-state index is 5.25. The summed E-state index contributed by atoms with van der Waals surface area (Å²) >= 11 is 1.88.